The van der Waals surface area contributed by atoms with Crippen LogP contribution in [0.25, 0.3) is 15.7 Å². The average molecular weight is 430 g/mol. The van der Waals surface area contributed by atoms with Crippen LogP contribution in [0.5, 0.6) is 0 Å². The van der Waals surface area contributed by atoms with Crippen LogP contribution >= 0.6 is 11.3 Å². The first-order chi connectivity index (χ1) is 14.5. The number of alkyl halides is 2. The fourth-order valence-electron chi connectivity index (χ4n) is 3.74. The molecule has 3 nitrogen and oxygen atoms in total. The summed E-state index contributed by atoms with van der Waals surface area (Å²) in [6.07, 6.45) is 0.0826. The van der Waals surface area contributed by atoms with Crippen LogP contribution < -0.4 is 10.6 Å². The highest BCUT2D eigenvalue weighted by atomic mass is 32.1. The first-order valence-electron chi connectivity index (χ1n) is 9.74. The SMILES string of the molecule is C[C@@H](NC(=O)c1cc(C2=CCNCC2)cc2ccsc12)c1cccc(C(F)F)c1F. The normalized spacial score (nSPS) is 15.3. The van der Waals surface area contributed by atoms with E-state index < -0.39 is 23.8 Å². The van der Waals surface area contributed by atoms with E-state index in [4.69, 9.17) is 0 Å². The zero-order valence-electron chi connectivity index (χ0n) is 16.3. The van der Waals surface area contributed by atoms with E-state index in [1.165, 1.54) is 29.0 Å². The van der Waals surface area contributed by atoms with E-state index in [-0.39, 0.29) is 11.5 Å². The summed E-state index contributed by atoms with van der Waals surface area (Å²) in [6, 6.07) is 9.01. The summed E-state index contributed by atoms with van der Waals surface area (Å²) in [5.41, 5.74) is 2.06. The Bertz CT molecular complexity index is 1120. The van der Waals surface area contributed by atoms with Crippen molar-refractivity contribution in [3.8, 4) is 0 Å². The highest BCUT2D eigenvalue weighted by Gasteiger charge is 2.22. The number of rotatable bonds is 5. The lowest BCUT2D eigenvalue weighted by molar-refractivity contribution is 0.0941. The second-order valence-electron chi connectivity index (χ2n) is 7.29. The van der Waals surface area contributed by atoms with Crippen LogP contribution in [0, 0.1) is 5.82 Å². The lowest BCUT2D eigenvalue weighted by atomic mass is 9.96. The van der Waals surface area contributed by atoms with Gasteiger partial charge in [-0.1, -0.05) is 24.3 Å². The minimum absolute atomic E-state index is 0.0424. The number of amides is 1. The van der Waals surface area contributed by atoms with Gasteiger partial charge < -0.3 is 10.6 Å². The van der Waals surface area contributed by atoms with Crippen LogP contribution in [0.3, 0.4) is 0 Å². The molecule has 2 aromatic carbocycles. The van der Waals surface area contributed by atoms with Gasteiger partial charge in [-0.2, -0.15) is 0 Å². The van der Waals surface area contributed by atoms with E-state index in [0.29, 0.717) is 5.56 Å². The zero-order valence-corrected chi connectivity index (χ0v) is 17.2. The number of benzene rings is 2. The predicted molar refractivity (Wildman–Crippen MR) is 115 cm³/mol. The number of hydrogen-bond acceptors (Lipinski definition) is 3. The fraction of sp³-hybridized carbons (Fsp3) is 0.261. The van der Waals surface area contributed by atoms with E-state index in [0.717, 1.165) is 41.2 Å². The van der Waals surface area contributed by atoms with Gasteiger partial charge in [-0.3, -0.25) is 4.79 Å². The topological polar surface area (TPSA) is 41.1 Å². The van der Waals surface area contributed by atoms with Crippen molar-refractivity contribution in [1.82, 2.24) is 10.6 Å². The molecule has 0 bridgehead atoms. The Morgan fingerprint density at radius 1 is 1.20 bits per heavy atom. The smallest absolute Gasteiger partial charge is 0.266 e. The minimum Gasteiger partial charge on any atom is -0.345 e. The Kier molecular flexibility index (Phi) is 5.92. The fourth-order valence-corrected chi connectivity index (χ4v) is 4.64. The van der Waals surface area contributed by atoms with E-state index in [1.807, 2.05) is 17.5 Å². The van der Waals surface area contributed by atoms with Gasteiger partial charge in [-0.15, -0.1) is 11.3 Å². The number of fused-ring (bicyclic) bond motifs is 1. The van der Waals surface area contributed by atoms with Crippen LogP contribution in [0.2, 0.25) is 0 Å². The van der Waals surface area contributed by atoms with Crippen molar-refractivity contribution in [2.24, 2.45) is 0 Å². The molecule has 0 radical (unpaired) electrons. The summed E-state index contributed by atoms with van der Waals surface area (Å²) >= 11 is 1.46. The molecule has 4 rings (SSSR count). The molecule has 0 unspecified atom stereocenters. The molecular formula is C23H21F3N2OS. The second-order valence-corrected chi connectivity index (χ2v) is 8.21. The maximum atomic E-state index is 14.5. The number of carbonyl (C=O) groups is 1. The average Bonchev–Trinajstić information content (AvgIpc) is 3.22. The molecule has 0 saturated carbocycles. The van der Waals surface area contributed by atoms with Crippen LogP contribution in [0.15, 0.2) is 47.9 Å². The number of thiophene rings is 1. The Balaban J connectivity index is 1.66. The van der Waals surface area contributed by atoms with Gasteiger partial charge in [-0.05, 0) is 60.0 Å². The Hall–Kier alpha value is -2.64. The van der Waals surface area contributed by atoms with Crippen LogP contribution in [0.4, 0.5) is 13.2 Å². The van der Waals surface area contributed by atoms with Gasteiger partial charge in [0.15, 0.2) is 0 Å². The lowest BCUT2D eigenvalue weighted by Crippen LogP contribution is -2.27. The lowest BCUT2D eigenvalue weighted by Gasteiger charge is -2.18. The zero-order chi connectivity index (χ0) is 21.3. The van der Waals surface area contributed by atoms with Gasteiger partial charge in [0.2, 0.25) is 0 Å². The van der Waals surface area contributed by atoms with Crippen LogP contribution in [-0.2, 0) is 0 Å². The molecule has 0 saturated heterocycles. The largest absolute Gasteiger partial charge is 0.345 e. The van der Waals surface area contributed by atoms with Gasteiger partial charge in [0, 0.05) is 16.8 Å². The van der Waals surface area contributed by atoms with E-state index in [9.17, 15) is 18.0 Å². The van der Waals surface area contributed by atoms with Crippen molar-refractivity contribution < 1.29 is 18.0 Å². The van der Waals surface area contributed by atoms with Crippen molar-refractivity contribution in [3.05, 3.63) is 75.9 Å². The molecule has 156 valence electrons. The molecule has 7 heteroatoms. The molecule has 0 spiro atoms. The summed E-state index contributed by atoms with van der Waals surface area (Å²) in [7, 11) is 0. The van der Waals surface area contributed by atoms with Gasteiger partial charge in [0.1, 0.15) is 5.82 Å². The Morgan fingerprint density at radius 3 is 2.73 bits per heavy atom. The van der Waals surface area contributed by atoms with Crippen molar-refractivity contribution in [1.29, 1.82) is 0 Å². The van der Waals surface area contributed by atoms with E-state index >= 15 is 0 Å². The van der Waals surface area contributed by atoms with Crippen molar-refractivity contribution in [3.63, 3.8) is 0 Å². The van der Waals surface area contributed by atoms with Crippen molar-refractivity contribution in [2.75, 3.05) is 13.1 Å². The third-order valence-electron chi connectivity index (χ3n) is 5.34. The summed E-state index contributed by atoms with van der Waals surface area (Å²) in [4.78, 5) is 13.1. The second kappa shape index (κ2) is 8.62. The molecule has 1 aliphatic heterocycles. The number of hydrogen-bond donors (Lipinski definition) is 2. The monoisotopic (exact) mass is 430 g/mol. The molecule has 0 fully saturated rings. The molecular weight excluding hydrogens is 409 g/mol. The first-order valence-corrected chi connectivity index (χ1v) is 10.6. The van der Waals surface area contributed by atoms with Crippen LogP contribution in [-0.4, -0.2) is 19.0 Å². The summed E-state index contributed by atoms with van der Waals surface area (Å²) in [5, 5.41) is 8.96. The van der Waals surface area contributed by atoms with Gasteiger partial charge in [0.05, 0.1) is 17.2 Å². The predicted octanol–water partition coefficient (Wildman–Crippen LogP) is 5.85. The molecule has 3 aromatic rings. The molecule has 1 aliphatic rings. The molecule has 1 amide bonds. The summed E-state index contributed by atoms with van der Waals surface area (Å²) in [5.74, 6) is -1.33. The quantitative estimate of drug-likeness (QED) is 0.533. The highest BCUT2D eigenvalue weighted by molar-refractivity contribution is 7.17. The Morgan fingerprint density at radius 2 is 2.00 bits per heavy atom. The third kappa shape index (κ3) is 4.00. The Labute approximate surface area is 176 Å². The molecule has 30 heavy (non-hydrogen) atoms. The van der Waals surface area contributed by atoms with Crippen LogP contribution in [0.1, 0.15) is 52.9 Å². The highest BCUT2D eigenvalue weighted by Crippen LogP contribution is 2.32. The summed E-state index contributed by atoms with van der Waals surface area (Å²) in [6.45, 7) is 3.26. The van der Waals surface area contributed by atoms with E-state index in [1.54, 1.807) is 6.92 Å². The van der Waals surface area contributed by atoms with Gasteiger partial charge >= 0.3 is 0 Å². The minimum atomic E-state index is -2.91. The summed E-state index contributed by atoms with van der Waals surface area (Å²) < 4.78 is 41.4. The number of halogens is 3. The molecule has 2 heterocycles. The maximum Gasteiger partial charge on any atom is 0.266 e. The van der Waals surface area contributed by atoms with E-state index in [2.05, 4.69) is 22.8 Å². The number of carbonyl (C=O) groups excluding carboxylic acids is 1. The molecule has 1 atom stereocenters. The molecule has 0 aliphatic carbocycles. The van der Waals surface area contributed by atoms with Gasteiger partial charge in [0.25, 0.3) is 12.3 Å². The first kappa shape index (κ1) is 20.6. The van der Waals surface area contributed by atoms with Gasteiger partial charge in [-0.25, -0.2) is 13.2 Å². The number of nitrogens with one attached hydrogen (secondary N) is 2. The third-order valence-corrected chi connectivity index (χ3v) is 6.30. The maximum absolute atomic E-state index is 14.5. The standard InChI is InChI=1S/C23H21F3N2OS/c1-13(17-3-2-4-18(20(17)24)22(25)26)28-23(29)19-12-16(14-5-8-27-9-6-14)11-15-7-10-30-21(15)19/h2-5,7,10-13,22,27H,6,8-9H2,1H3,(H,28,29)/t13-/m1/s1. The van der Waals surface area contributed by atoms with Crippen molar-refractivity contribution >= 4 is 32.9 Å². The van der Waals surface area contributed by atoms with Crippen molar-refractivity contribution in [2.45, 2.75) is 25.8 Å². The molecule has 1 aromatic heterocycles. The molecule has 2 N–H and O–H groups in total.